The number of likely N-dealkylation sites (tertiary alicyclic amines) is 2. The number of halogens is 3. The Morgan fingerprint density at radius 2 is 1.60 bits per heavy atom. The van der Waals surface area contributed by atoms with Crippen LogP contribution in [0, 0.1) is 17.2 Å². The van der Waals surface area contributed by atoms with E-state index < -0.39 is 17.5 Å². The topological polar surface area (TPSA) is 43.2 Å². The Morgan fingerprint density at radius 3 is 2.13 bits per heavy atom. The molecule has 0 spiro atoms. The highest BCUT2D eigenvalue weighted by atomic mass is 19.4. The average Bonchev–Trinajstić information content (AvgIpc) is 2.79. The van der Waals surface area contributed by atoms with E-state index >= 15 is 0 Å². The lowest BCUT2D eigenvalue weighted by molar-refractivity contribution is -0.180. The van der Waals surface area contributed by atoms with Gasteiger partial charge < -0.3 is 9.80 Å². The second kappa shape index (κ2) is 8.33. The minimum Gasteiger partial charge on any atom is -0.373 e. The SMILES string of the molecule is N#CC1(c2ccccn2)C=CC(N2CCCCC2)=C(N2CCCCC2)C1C(F)(F)F. The smallest absolute Gasteiger partial charge is 0.373 e. The van der Waals surface area contributed by atoms with Crippen molar-refractivity contribution in [1.29, 1.82) is 5.26 Å². The number of pyridine rings is 1. The van der Waals surface area contributed by atoms with Gasteiger partial charge in [-0.3, -0.25) is 4.98 Å². The standard InChI is InChI=1S/C23H27F3N4/c24-23(25,26)21-20(30-15-7-2-8-16-30)18(29-13-5-1-6-14-29)10-11-22(21,17-27)19-9-3-4-12-28-19/h3-4,9-12,21H,1-2,5-8,13-16H2. The molecule has 30 heavy (non-hydrogen) atoms. The van der Waals surface area contributed by atoms with Crippen molar-refractivity contribution in [3.05, 3.63) is 53.6 Å². The summed E-state index contributed by atoms with van der Waals surface area (Å²) in [6.45, 7) is 2.70. The third-order valence-electron chi connectivity index (χ3n) is 6.49. The zero-order valence-electron chi connectivity index (χ0n) is 17.0. The maximum absolute atomic E-state index is 14.8. The second-order valence-corrected chi connectivity index (χ2v) is 8.37. The Morgan fingerprint density at radius 1 is 0.967 bits per heavy atom. The number of hydrogen-bond donors (Lipinski definition) is 0. The van der Waals surface area contributed by atoms with Crippen LogP contribution in [-0.4, -0.2) is 47.1 Å². The first kappa shape index (κ1) is 20.8. The summed E-state index contributed by atoms with van der Waals surface area (Å²) in [4.78, 5) is 8.18. The summed E-state index contributed by atoms with van der Waals surface area (Å²) >= 11 is 0. The molecule has 7 heteroatoms. The molecule has 2 fully saturated rings. The van der Waals surface area contributed by atoms with Crippen molar-refractivity contribution in [3.8, 4) is 6.07 Å². The molecule has 1 aromatic heterocycles. The number of nitrogens with zero attached hydrogens (tertiary/aromatic N) is 4. The van der Waals surface area contributed by atoms with E-state index in [1.807, 2.05) is 11.0 Å². The van der Waals surface area contributed by atoms with Gasteiger partial charge in [0.25, 0.3) is 0 Å². The van der Waals surface area contributed by atoms with Crippen LogP contribution in [0.2, 0.25) is 0 Å². The quantitative estimate of drug-likeness (QED) is 0.712. The number of alkyl halides is 3. The van der Waals surface area contributed by atoms with Crippen LogP contribution in [0.15, 0.2) is 47.9 Å². The maximum atomic E-state index is 14.8. The van der Waals surface area contributed by atoms with Crippen LogP contribution in [0.25, 0.3) is 0 Å². The fourth-order valence-corrected chi connectivity index (χ4v) is 5.05. The number of rotatable bonds is 3. The van der Waals surface area contributed by atoms with E-state index in [0.29, 0.717) is 18.8 Å². The molecule has 0 bridgehead atoms. The van der Waals surface area contributed by atoms with Gasteiger partial charge >= 0.3 is 6.18 Å². The largest absolute Gasteiger partial charge is 0.399 e. The lowest BCUT2D eigenvalue weighted by Gasteiger charge is -2.46. The summed E-state index contributed by atoms with van der Waals surface area (Å²) in [6.07, 6.45) is 5.91. The molecule has 0 aromatic carbocycles. The molecule has 0 amide bonds. The summed E-state index contributed by atoms with van der Waals surface area (Å²) in [7, 11) is 0. The molecule has 0 N–H and O–H groups in total. The molecule has 1 aromatic rings. The average molecular weight is 416 g/mol. The molecule has 3 aliphatic rings. The molecule has 0 saturated carbocycles. The van der Waals surface area contributed by atoms with Gasteiger partial charge in [-0.05, 0) is 56.7 Å². The first-order valence-electron chi connectivity index (χ1n) is 10.8. The lowest BCUT2D eigenvalue weighted by Crippen LogP contribution is -2.51. The molecular weight excluding hydrogens is 389 g/mol. The van der Waals surface area contributed by atoms with Gasteiger partial charge in [0, 0.05) is 32.4 Å². The van der Waals surface area contributed by atoms with Gasteiger partial charge in [0.05, 0.1) is 23.2 Å². The molecule has 4 nitrogen and oxygen atoms in total. The Labute approximate surface area is 175 Å². The number of allylic oxidation sites excluding steroid dienone is 3. The summed E-state index contributed by atoms with van der Waals surface area (Å²) < 4.78 is 44.3. The van der Waals surface area contributed by atoms with Gasteiger partial charge in [-0.1, -0.05) is 12.1 Å². The summed E-state index contributed by atoms with van der Waals surface area (Å²) in [5.41, 5.74) is -0.816. The van der Waals surface area contributed by atoms with Crippen molar-refractivity contribution in [2.75, 3.05) is 26.2 Å². The van der Waals surface area contributed by atoms with E-state index in [0.717, 1.165) is 51.6 Å². The summed E-state index contributed by atoms with van der Waals surface area (Å²) in [5, 5.41) is 10.1. The van der Waals surface area contributed by atoms with Crippen molar-refractivity contribution in [2.24, 2.45) is 5.92 Å². The van der Waals surface area contributed by atoms with Crippen LogP contribution in [0.1, 0.15) is 44.2 Å². The van der Waals surface area contributed by atoms with Crippen molar-refractivity contribution in [1.82, 2.24) is 14.8 Å². The molecule has 2 unspecified atom stereocenters. The molecule has 160 valence electrons. The number of hydrogen-bond acceptors (Lipinski definition) is 4. The third-order valence-corrected chi connectivity index (χ3v) is 6.49. The number of aromatic nitrogens is 1. The molecule has 1 aliphatic carbocycles. The Kier molecular flexibility index (Phi) is 5.77. The van der Waals surface area contributed by atoms with Crippen LogP contribution >= 0.6 is 0 Å². The highest BCUT2D eigenvalue weighted by Crippen LogP contribution is 2.51. The Bertz CT molecular complexity index is 843. The highest BCUT2D eigenvalue weighted by Gasteiger charge is 2.59. The van der Waals surface area contributed by atoms with Crippen molar-refractivity contribution < 1.29 is 13.2 Å². The van der Waals surface area contributed by atoms with Crippen LogP contribution in [0.3, 0.4) is 0 Å². The maximum Gasteiger partial charge on any atom is 0.399 e. The molecule has 0 radical (unpaired) electrons. The van der Waals surface area contributed by atoms with Gasteiger partial charge in [-0.25, -0.2) is 0 Å². The normalized spacial score (nSPS) is 27.9. The van der Waals surface area contributed by atoms with Crippen molar-refractivity contribution in [3.63, 3.8) is 0 Å². The van der Waals surface area contributed by atoms with E-state index in [-0.39, 0.29) is 11.4 Å². The van der Waals surface area contributed by atoms with Gasteiger partial charge in [0.15, 0.2) is 0 Å². The van der Waals surface area contributed by atoms with Crippen LogP contribution in [0.5, 0.6) is 0 Å². The third kappa shape index (κ3) is 3.68. The van der Waals surface area contributed by atoms with Gasteiger partial charge in [-0.15, -0.1) is 0 Å². The van der Waals surface area contributed by atoms with E-state index in [1.165, 1.54) is 18.3 Å². The molecule has 4 rings (SSSR count). The zero-order chi connectivity index (χ0) is 21.2. The van der Waals surface area contributed by atoms with Crippen molar-refractivity contribution >= 4 is 0 Å². The first-order chi connectivity index (χ1) is 14.5. The van der Waals surface area contributed by atoms with Gasteiger partial charge in [-0.2, -0.15) is 18.4 Å². The van der Waals surface area contributed by atoms with Gasteiger partial charge in [0.2, 0.25) is 0 Å². The number of nitriles is 1. The van der Waals surface area contributed by atoms with E-state index in [1.54, 1.807) is 18.2 Å². The first-order valence-corrected chi connectivity index (χ1v) is 10.8. The molecule has 3 heterocycles. The van der Waals surface area contributed by atoms with Crippen LogP contribution in [0.4, 0.5) is 13.2 Å². The molecular formula is C23H27F3N4. The second-order valence-electron chi connectivity index (χ2n) is 8.37. The lowest BCUT2D eigenvalue weighted by atomic mass is 9.68. The molecule has 2 saturated heterocycles. The van der Waals surface area contributed by atoms with Gasteiger partial charge in [0.1, 0.15) is 11.3 Å². The van der Waals surface area contributed by atoms with Crippen LogP contribution < -0.4 is 0 Å². The Balaban J connectivity index is 1.91. The monoisotopic (exact) mass is 416 g/mol. The fourth-order valence-electron chi connectivity index (χ4n) is 5.05. The minimum absolute atomic E-state index is 0.151. The van der Waals surface area contributed by atoms with E-state index in [4.69, 9.17) is 0 Å². The number of piperidine rings is 2. The zero-order valence-corrected chi connectivity index (χ0v) is 17.0. The summed E-state index contributed by atoms with van der Waals surface area (Å²) in [6, 6.07) is 6.87. The minimum atomic E-state index is -4.58. The molecule has 2 aliphatic heterocycles. The van der Waals surface area contributed by atoms with Crippen LogP contribution in [-0.2, 0) is 5.41 Å². The fraction of sp³-hybridized carbons (Fsp3) is 0.565. The van der Waals surface area contributed by atoms with Crippen molar-refractivity contribution in [2.45, 2.75) is 50.1 Å². The highest BCUT2D eigenvalue weighted by molar-refractivity contribution is 5.48. The molecule has 2 atom stereocenters. The predicted molar refractivity (Wildman–Crippen MR) is 108 cm³/mol. The Hall–Kier alpha value is -2.49. The van der Waals surface area contributed by atoms with E-state index in [9.17, 15) is 18.4 Å². The predicted octanol–water partition coefficient (Wildman–Crippen LogP) is 4.77. The van der Waals surface area contributed by atoms with E-state index in [2.05, 4.69) is 9.88 Å². The summed E-state index contributed by atoms with van der Waals surface area (Å²) in [5.74, 6) is -1.94.